The maximum atomic E-state index is 5.86. The maximum absolute atomic E-state index is 5.86. The van der Waals surface area contributed by atoms with E-state index < -0.39 is 0 Å². The van der Waals surface area contributed by atoms with Crippen molar-refractivity contribution in [3.8, 4) is 11.1 Å². The zero-order valence-corrected chi connectivity index (χ0v) is 14.9. The minimum absolute atomic E-state index is 0.543. The summed E-state index contributed by atoms with van der Waals surface area (Å²) in [7, 11) is 0. The number of hydrogen-bond acceptors (Lipinski definition) is 1. The molecular formula is C21H26ClN. The molecule has 23 heavy (non-hydrogen) atoms. The quantitative estimate of drug-likeness (QED) is 0.568. The van der Waals surface area contributed by atoms with Gasteiger partial charge in [0.2, 0.25) is 0 Å². The van der Waals surface area contributed by atoms with Gasteiger partial charge in [-0.15, -0.1) is 0 Å². The first-order valence-electron chi connectivity index (χ1n) is 8.89. The van der Waals surface area contributed by atoms with Crippen LogP contribution < -0.4 is 0 Å². The molecule has 1 atom stereocenters. The van der Waals surface area contributed by atoms with Gasteiger partial charge < -0.3 is 0 Å². The van der Waals surface area contributed by atoms with Crippen molar-refractivity contribution in [3.05, 3.63) is 53.3 Å². The van der Waals surface area contributed by atoms with Crippen molar-refractivity contribution in [3.63, 3.8) is 0 Å². The molecule has 1 aliphatic rings. The number of rotatable bonds is 4. The van der Waals surface area contributed by atoms with Gasteiger partial charge in [-0.25, -0.2) is 4.98 Å². The second-order valence-corrected chi connectivity index (χ2v) is 7.36. The summed E-state index contributed by atoms with van der Waals surface area (Å²) >= 11 is 5.86. The summed E-state index contributed by atoms with van der Waals surface area (Å²) in [4.78, 5) is 4.17. The largest absolute Gasteiger partial charge is 0.244 e. The van der Waals surface area contributed by atoms with Crippen LogP contribution in [-0.4, -0.2) is 4.98 Å². The number of nitrogens with zero attached hydrogens (tertiary/aromatic N) is 1. The molecule has 1 unspecified atom stereocenters. The van der Waals surface area contributed by atoms with Crippen molar-refractivity contribution in [2.24, 2.45) is 11.8 Å². The summed E-state index contributed by atoms with van der Waals surface area (Å²) in [6, 6.07) is 12.9. The van der Waals surface area contributed by atoms with Gasteiger partial charge in [0, 0.05) is 11.8 Å². The Morgan fingerprint density at radius 2 is 1.65 bits per heavy atom. The lowest BCUT2D eigenvalue weighted by atomic mass is 9.73. The van der Waals surface area contributed by atoms with Crippen LogP contribution in [0.4, 0.5) is 0 Å². The van der Waals surface area contributed by atoms with Crippen molar-refractivity contribution < 1.29 is 0 Å². The lowest BCUT2D eigenvalue weighted by Crippen LogP contribution is -2.18. The monoisotopic (exact) mass is 327 g/mol. The maximum Gasteiger partial charge on any atom is 0.129 e. The highest BCUT2D eigenvalue weighted by Crippen LogP contribution is 2.39. The molecular weight excluding hydrogens is 302 g/mol. The zero-order valence-electron chi connectivity index (χ0n) is 14.1. The van der Waals surface area contributed by atoms with Crippen LogP contribution in [0, 0.1) is 11.8 Å². The number of pyridine rings is 1. The molecule has 1 aliphatic carbocycles. The van der Waals surface area contributed by atoms with E-state index in [0.717, 1.165) is 17.4 Å². The van der Waals surface area contributed by atoms with Crippen LogP contribution in [0.15, 0.2) is 42.6 Å². The Bertz CT molecular complexity index is 609. The highest BCUT2D eigenvalue weighted by atomic mass is 35.5. The first-order chi connectivity index (χ1) is 11.2. The predicted molar refractivity (Wildman–Crippen MR) is 98.8 cm³/mol. The van der Waals surface area contributed by atoms with Crippen LogP contribution in [-0.2, 0) is 0 Å². The Kier molecular flexibility index (Phi) is 5.38. The molecule has 1 fully saturated rings. The van der Waals surface area contributed by atoms with Crippen LogP contribution in [0.1, 0.15) is 57.4 Å². The standard InChI is InChI=1S/C21H26ClN/c1-3-16-4-6-17(7-5-16)15(2)18-8-10-19(11-9-18)20-12-13-21(22)23-14-20/h8-17H,3-7H2,1-2H3. The summed E-state index contributed by atoms with van der Waals surface area (Å²) < 4.78 is 0. The third kappa shape index (κ3) is 3.95. The molecule has 1 heterocycles. The highest BCUT2D eigenvalue weighted by Gasteiger charge is 2.25. The van der Waals surface area contributed by atoms with Crippen LogP contribution in [0.25, 0.3) is 11.1 Å². The molecule has 3 rings (SSSR count). The summed E-state index contributed by atoms with van der Waals surface area (Å²) in [5, 5.41) is 0.543. The molecule has 1 saturated carbocycles. The smallest absolute Gasteiger partial charge is 0.129 e. The third-order valence-electron chi connectivity index (χ3n) is 5.67. The lowest BCUT2D eigenvalue weighted by Gasteiger charge is -2.32. The molecule has 2 heteroatoms. The minimum Gasteiger partial charge on any atom is -0.244 e. The van der Waals surface area contributed by atoms with Gasteiger partial charge in [0.25, 0.3) is 0 Å². The molecule has 0 spiro atoms. The number of halogens is 1. The first kappa shape index (κ1) is 16.5. The van der Waals surface area contributed by atoms with E-state index in [9.17, 15) is 0 Å². The van der Waals surface area contributed by atoms with E-state index in [2.05, 4.69) is 43.1 Å². The third-order valence-corrected chi connectivity index (χ3v) is 5.90. The molecule has 0 N–H and O–H groups in total. The van der Waals surface area contributed by atoms with Gasteiger partial charge in [0.15, 0.2) is 0 Å². The fourth-order valence-corrected chi connectivity index (χ4v) is 4.01. The summed E-state index contributed by atoms with van der Waals surface area (Å²) in [5.74, 6) is 2.48. The van der Waals surface area contributed by atoms with E-state index in [1.165, 1.54) is 43.2 Å². The highest BCUT2D eigenvalue weighted by molar-refractivity contribution is 6.29. The molecule has 2 aromatic rings. The molecule has 0 saturated heterocycles. The Morgan fingerprint density at radius 1 is 1.00 bits per heavy atom. The summed E-state index contributed by atoms with van der Waals surface area (Å²) in [6.07, 6.45) is 8.81. The van der Waals surface area contributed by atoms with Crippen molar-refractivity contribution in [2.75, 3.05) is 0 Å². The van der Waals surface area contributed by atoms with Gasteiger partial charge in [-0.05, 0) is 53.9 Å². The predicted octanol–water partition coefficient (Wildman–Crippen LogP) is 6.72. The molecule has 0 aliphatic heterocycles. The van der Waals surface area contributed by atoms with Crippen LogP contribution >= 0.6 is 11.6 Å². The second kappa shape index (κ2) is 7.49. The Balaban J connectivity index is 1.68. The summed E-state index contributed by atoms with van der Waals surface area (Å²) in [6.45, 7) is 4.73. The lowest BCUT2D eigenvalue weighted by molar-refractivity contribution is 0.244. The molecule has 0 radical (unpaired) electrons. The van der Waals surface area contributed by atoms with E-state index >= 15 is 0 Å². The van der Waals surface area contributed by atoms with E-state index in [4.69, 9.17) is 11.6 Å². The summed E-state index contributed by atoms with van der Waals surface area (Å²) in [5.41, 5.74) is 3.80. The topological polar surface area (TPSA) is 12.9 Å². The van der Waals surface area contributed by atoms with Crippen molar-refractivity contribution in [1.29, 1.82) is 0 Å². The average molecular weight is 328 g/mol. The number of aromatic nitrogens is 1. The molecule has 1 aromatic carbocycles. The Labute approximate surface area is 145 Å². The van der Waals surface area contributed by atoms with Crippen molar-refractivity contribution >= 4 is 11.6 Å². The van der Waals surface area contributed by atoms with Gasteiger partial charge in [-0.3, -0.25) is 0 Å². The zero-order chi connectivity index (χ0) is 16.2. The van der Waals surface area contributed by atoms with Crippen molar-refractivity contribution in [1.82, 2.24) is 4.98 Å². The van der Waals surface area contributed by atoms with E-state index in [1.807, 2.05) is 18.3 Å². The molecule has 1 nitrogen and oxygen atoms in total. The number of hydrogen-bond donors (Lipinski definition) is 0. The van der Waals surface area contributed by atoms with Gasteiger partial charge in [-0.1, -0.05) is 69.0 Å². The molecule has 1 aromatic heterocycles. The number of benzene rings is 1. The fourth-order valence-electron chi connectivity index (χ4n) is 3.89. The van der Waals surface area contributed by atoms with Gasteiger partial charge in [0.1, 0.15) is 5.15 Å². The Morgan fingerprint density at radius 3 is 2.22 bits per heavy atom. The molecule has 0 bridgehead atoms. The van der Waals surface area contributed by atoms with E-state index in [-0.39, 0.29) is 0 Å². The SMILES string of the molecule is CCC1CCC(C(C)c2ccc(-c3ccc(Cl)nc3)cc2)CC1. The minimum atomic E-state index is 0.543. The van der Waals surface area contributed by atoms with E-state index in [1.54, 1.807) is 0 Å². The second-order valence-electron chi connectivity index (χ2n) is 6.97. The molecule has 0 amide bonds. The van der Waals surface area contributed by atoms with Crippen LogP contribution in [0.3, 0.4) is 0 Å². The van der Waals surface area contributed by atoms with Crippen LogP contribution in [0.5, 0.6) is 0 Å². The fraction of sp³-hybridized carbons (Fsp3) is 0.476. The van der Waals surface area contributed by atoms with Crippen molar-refractivity contribution in [2.45, 2.75) is 51.9 Å². The van der Waals surface area contributed by atoms with Crippen LogP contribution in [0.2, 0.25) is 5.15 Å². The Hall–Kier alpha value is -1.34. The first-order valence-corrected chi connectivity index (χ1v) is 9.27. The van der Waals surface area contributed by atoms with Gasteiger partial charge in [0.05, 0.1) is 0 Å². The van der Waals surface area contributed by atoms with Gasteiger partial charge in [-0.2, -0.15) is 0 Å². The normalized spacial score (nSPS) is 22.7. The van der Waals surface area contributed by atoms with E-state index in [0.29, 0.717) is 11.1 Å². The molecule has 122 valence electrons. The van der Waals surface area contributed by atoms with Gasteiger partial charge >= 0.3 is 0 Å². The average Bonchev–Trinajstić information content (AvgIpc) is 2.62.